The van der Waals surface area contributed by atoms with E-state index in [1.54, 1.807) is 0 Å². The molecule has 0 spiro atoms. The van der Waals surface area contributed by atoms with Crippen molar-refractivity contribution in [1.29, 1.82) is 0 Å². The number of benzene rings is 1. The van der Waals surface area contributed by atoms with E-state index in [4.69, 9.17) is 16.3 Å². The average Bonchev–Trinajstić information content (AvgIpc) is 2.81. The lowest BCUT2D eigenvalue weighted by atomic mass is 10.1. The fourth-order valence-electron chi connectivity index (χ4n) is 2.42. The second-order valence-electron chi connectivity index (χ2n) is 4.85. The molecule has 0 N–H and O–H groups in total. The maximum atomic E-state index is 11.8. The second kappa shape index (κ2) is 6.80. The van der Waals surface area contributed by atoms with Crippen molar-refractivity contribution in [2.24, 2.45) is 0 Å². The number of rotatable bonds is 6. The van der Waals surface area contributed by atoms with Crippen LogP contribution < -0.4 is 4.90 Å². The minimum atomic E-state index is -0.157. The van der Waals surface area contributed by atoms with E-state index in [9.17, 15) is 4.79 Å². The largest absolute Gasteiger partial charge is 0.464 e. The Morgan fingerprint density at radius 1 is 1.42 bits per heavy atom. The molecule has 1 fully saturated rings. The van der Waals surface area contributed by atoms with Crippen molar-refractivity contribution in [1.82, 2.24) is 0 Å². The topological polar surface area (TPSA) is 29.5 Å². The number of ether oxygens (including phenoxy) is 1. The summed E-state index contributed by atoms with van der Waals surface area (Å²) in [5.41, 5.74) is 1.01. The summed E-state index contributed by atoms with van der Waals surface area (Å²) in [5.74, 6) is -0.114. The van der Waals surface area contributed by atoms with E-state index in [0.29, 0.717) is 11.6 Å². The van der Waals surface area contributed by atoms with E-state index in [1.165, 1.54) is 12.8 Å². The zero-order valence-electron chi connectivity index (χ0n) is 11.3. The molecule has 19 heavy (non-hydrogen) atoms. The quantitative estimate of drug-likeness (QED) is 0.589. The molecule has 1 heterocycles. The van der Waals surface area contributed by atoms with E-state index < -0.39 is 0 Å². The summed E-state index contributed by atoms with van der Waals surface area (Å²) in [6, 6.07) is 7.53. The Hall–Kier alpha value is -1.22. The zero-order valence-corrected chi connectivity index (χ0v) is 12.0. The number of cyclic esters (lactones) is 1. The Morgan fingerprint density at radius 2 is 2.26 bits per heavy atom. The normalized spacial score (nSPS) is 18.4. The highest BCUT2D eigenvalue weighted by molar-refractivity contribution is 6.30. The van der Waals surface area contributed by atoms with Crippen LogP contribution >= 0.6 is 11.6 Å². The van der Waals surface area contributed by atoms with Gasteiger partial charge in [0.05, 0.1) is 6.61 Å². The van der Waals surface area contributed by atoms with Crippen LogP contribution in [0.5, 0.6) is 0 Å². The van der Waals surface area contributed by atoms with Crippen LogP contribution in [0.4, 0.5) is 5.69 Å². The average molecular weight is 282 g/mol. The molecular formula is C15H20ClNO2. The van der Waals surface area contributed by atoms with Crippen LogP contribution in [0.25, 0.3) is 0 Å². The number of carbonyl (C=O) groups excluding carboxylic acids is 1. The van der Waals surface area contributed by atoms with Crippen molar-refractivity contribution in [3.63, 3.8) is 0 Å². The molecule has 0 aliphatic carbocycles. The highest BCUT2D eigenvalue weighted by Crippen LogP contribution is 2.25. The molecule has 104 valence electrons. The number of anilines is 1. The Balaban J connectivity index is 2.15. The number of unbranched alkanes of at least 4 members (excludes halogenated alkanes) is 2. The Labute approximate surface area is 119 Å². The van der Waals surface area contributed by atoms with Gasteiger partial charge in [-0.3, -0.25) is 0 Å². The number of esters is 1. The van der Waals surface area contributed by atoms with Gasteiger partial charge in [-0.05, 0) is 24.6 Å². The van der Waals surface area contributed by atoms with Crippen molar-refractivity contribution < 1.29 is 9.53 Å². The van der Waals surface area contributed by atoms with Gasteiger partial charge in [0.2, 0.25) is 0 Å². The van der Waals surface area contributed by atoms with E-state index in [0.717, 1.165) is 25.1 Å². The second-order valence-corrected chi connectivity index (χ2v) is 5.29. The first-order valence-corrected chi connectivity index (χ1v) is 7.29. The summed E-state index contributed by atoms with van der Waals surface area (Å²) >= 11 is 6.05. The molecule has 1 saturated heterocycles. The SMILES string of the molecule is CCCCCN(c1cccc(Cl)c1)C1CCOC1=O. The first kappa shape index (κ1) is 14.2. The van der Waals surface area contributed by atoms with Gasteiger partial charge < -0.3 is 9.64 Å². The minimum Gasteiger partial charge on any atom is -0.464 e. The predicted molar refractivity (Wildman–Crippen MR) is 77.7 cm³/mol. The van der Waals surface area contributed by atoms with Crippen LogP contribution in [0, 0.1) is 0 Å². The van der Waals surface area contributed by atoms with Crippen LogP contribution in [0.3, 0.4) is 0 Å². The molecule has 1 aromatic carbocycles. The Kier molecular flexibility index (Phi) is 5.08. The summed E-state index contributed by atoms with van der Waals surface area (Å²) in [7, 11) is 0. The molecule has 1 unspecified atom stereocenters. The molecule has 3 nitrogen and oxygen atoms in total. The van der Waals surface area contributed by atoms with Crippen molar-refractivity contribution in [2.45, 2.75) is 38.6 Å². The third-order valence-electron chi connectivity index (χ3n) is 3.43. The van der Waals surface area contributed by atoms with Gasteiger partial charge in [-0.2, -0.15) is 0 Å². The molecule has 0 radical (unpaired) electrons. The summed E-state index contributed by atoms with van der Waals surface area (Å²) in [6.45, 7) is 3.57. The number of hydrogen-bond donors (Lipinski definition) is 0. The highest BCUT2D eigenvalue weighted by Gasteiger charge is 2.32. The van der Waals surface area contributed by atoms with Crippen molar-refractivity contribution >= 4 is 23.3 Å². The third-order valence-corrected chi connectivity index (χ3v) is 3.66. The molecule has 0 aromatic heterocycles. The van der Waals surface area contributed by atoms with E-state index in [2.05, 4.69) is 11.8 Å². The van der Waals surface area contributed by atoms with Crippen molar-refractivity contribution in [3.05, 3.63) is 29.3 Å². The van der Waals surface area contributed by atoms with Gasteiger partial charge in [0.1, 0.15) is 6.04 Å². The van der Waals surface area contributed by atoms with Crippen LogP contribution in [0.15, 0.2) is 24.3 Å². The first-order chi connectivity index (χ1) is 9.22. The smallest absolute Gasteiger partial charge is 0.328 e. The number of carbonyl (C=O) groups is 1. The molecule has 1 aliphatic heterocycles. The van der Waals surface area contributed by atoms with Crippen LogP contribution in [-0.4, -0.2) is 25.2 Å². The Bertz CT molecular complexity index is 436. The molecule has 4 heteroatoms. The lowest BCUT2D eigenvalue weighted by Gasteiger charge is -2.28. The molecule has 1 aliphatic rings. The van der Waals surface area contributed by atoms with Crippen molar-refractivity contribution in [3.8, 4) is 0 Å². The molecular weight excluding hydrogens is 262 g/mol. The number of hydrogen-bond acceptors (Lipinski definition) is 3. The summed E-state index contributed by atoms with van der Waals surface area (Å²) in [6.07, 6.45) is 4.17. The maximum Gasteiger partial charge on any atom is 0.328 e. The van der Waals surface area contributed by atoms with E-state index in [1.807, 2.05) is 24.3 Å². The highest BCUT2D eigenvalue weighted by atomic mass is 35.5. The van der Waals surface area contributed by atoms with E-state index in [-0.39, 0.29) is 12.0 Å². The van der Waals surface area contributed by atoms with Gasteiger partial charge in [0, 0.05) is 23.7 Å². The lowest BCUT2D eigenvalue weighted by Crippen LogP contribution is -2.39. The molecule has 1 atom stereocenters. The van der Waals surface area contributed by atoms with Gasteiger partial charge in [-0.15, -0.1) is 0 Å². The maximum absolute atomic E-state index is 11.8. The zero-order chi connectivity index (χ0) is 13.7. The summed E-state index contributed by atoms with van der Waals surface area (Å²) < 4.78 is 5.09. The van der Waals surface area contributed by atoms with Crippen LogP contribution in [-0.2, 0) is 9.53 Å². The number of nitrogens with zero attached hydrogens (tertiary/aromatic N) is 1. The number of halogens is 1. The van der Waals surface area contributed by atoms with Gasteiger partial charge in [0.25, 0.3) is 0 Å². The van der Waals surface area contributed by atoms with E-state index >= 15 is 0 Å². The molecule has 0 amide bonds. The van der Waals surface area contributed by atoms with Crippen LogP contribution in [0.2, 0.25) is 5.02 Å². The first-order valence-electron chi connectivity index (χ1n) is 6.91. The predicted octanol–water partition coefficient (Wildman–Crippen LogP) is 3.65. The van der Waals surface area contributed by atoms with Gasteiger partial charge in [-0.25, -0.2) is 4.79 Å². The fraction of sp³-hybridized carbons (Fsp3) is 0.533. The third kappa shape index (κ3) is 3.63. The van der Waals surface area contributed by atoms with Gasteiger partial charge in [-0.1, -0.05) is 37.4 Å². The summed E-state index contributed by atoms with van der Waals surface area (Å²) in [5, 5.41) is 0.698. The van der Waals surface area contributed by atoms with Crippen molar-refractivity contribution in [2.75, 3.05) is 18.1 Å². The lowest BCUT2D eigenvalue weighted by molar-refractivity contribution is -0.139. The fourth-order valence-corrected chi connectivity index (χ4v) is 2.60. The molecule has 2 rings (SSSR count). The minimum absolute atomic E-state index is 0.114. The monoisotopic (exact) mass is 281 g/mol. The molecule has 0 saturated carbocycles. The van der Waals surface area contributed by atoms with Gasteiger partial charge >= 0.3 is 5.97 Å². The van der Waals surface area contributed by atoms with Gasteiger partial charge in [0.15, 0.2) is 0 Å². The van der Waals surface area contributed by atoms with Crippen LogP contribution in [0.1, 0.15) is 32.6 Å². The molecule has 0 bridgehead atoms. The molecule has 1 aromatic rings. The summed E-state index contributed by atoms with van der Waals surface area (Å²) in [4.78, 5) is 13.9. The standard InChI is InChI=1S/C15H20ClNO2/c1-2-3-4-9-17(14-8-10-19-15(14)18)13-7-5-6-12(16)11-13/h5-7,11,14H,2-4,8-10H2,1H3. The Morgan fingerprint density at radius 3 is 2.89 bits per heavy atom.